The van der Waals surface area contributed by atoms with Gasteiger partial charge in [0, 0.05) is 12.4 Å². The molecule has 0 amide bonds. The number of hydrogen-bond acceptors (Lipinski definition) is 4. The predicted octanol–water partition coefficient (Wildman–Crippen LogP) is 2.23. The monoisotopic (exact) mass is 151 g/mol. The first-order chi connectivity index (χ1) is 4.97. The molecule has 50 valence electrons. The van der Waals surface area contributed by atoms with Crippen molar-refractivity contribution in [1.82, 2.24) is 4.98 Å². The van der Waals surface area contributed by atoms with Crippen molar-refractivity contribution < 1.29 is 0 Å². The summed E-state index contributed by atoms with van der Waals surface area (Å²) >= 11 is 1.67. The van der Waals surface area contributed by atoms with Gasteiger partial charge in [-0.25, -0.2) is 0 Å². The van der Waals surface area contributed by atoms with E-state index in [0.717, 1.165) is 16.5 Å². The smallest absolute Gasteiger partial charge is 0.110 e. The largest absolute Gasteiger partial charge is 0.263 e. The van der Waals surface area contributed by atoms with Crippen LogP contribution in [-0.2, 0) is 0 Å². The second-order valence-corrected chi connectivity index (χ2v) is 2.84. The van der Waals surface area contributed by atoms with Crippen LogP contribution in [0.15, 0.2) is 33.6 Å². The Morgan fingerprint density at radius 3 is 3.40 bits per heavy atom. The van der Waals surface area contributed by atoms with Crippen LogP contribution < -0.4 is 0 Å². The van der Waals surface area contributed by atoms with Crippen molar-refractivity contribution in [3.8, 4) is 0 Å². The molecule has 0 aliphatic carbocycles. The van der Waals surface area contributed by atoms with Crippen LogP contribution in [0.4, 0.5) is 5.69 Å². The minimum atomic E-state index is 0.721. The van der Waals surface area contributed by atoms with Crippen LogP contribution in [0.3, 0.4) is 0 Å². The molecular weight excluding hydrogens is 146 g/mol. The summed E-state index contributed by atoms with van der Waals surface area (Å²) in [6.45, 7) is 0. The normalized spacial score (nSPS) is 14.8. The zero-order valence-corrected chi connectivity index (χ0v) is 6.01. The second-order valence-electron chi connectivity index (χ2n) is 1.86. The van der Waals surface area contributed by atoms with E-state index in [2.05, 4.69) is 15.2 Å². The molecule has 2 rings (SSSR count). The van der Waals surface area contributed by atoms with E-state index in [0.29, 0.717) is 0 Å². The van der Waals surface area contributed by atoms with Gasteiger partial charge in [0.25, 0.3) is 0 Å². The maximum Gasteiger partial charge on any atom is 0.110 e. The molecule has 0 N–H and O–H groups in total. The van der Waals surface area contributed by atoms with Gasteiger partial charge in [-0.05, 0) is 6.07 Å². The van der Waals surface area contributed by atoms with E-state index in [1.807, 2.05) is 12.3 Å². The molecule has 0 fully saturated rings. The van der Waals surface area contributed by atoms with Crippen molar-refractivity contribution in [1.29, 1.82) is 0 Å². The molecule has 0 bridgehead atoms. The van der Waals surface area contributed by atoms with E-state index in [4.69, 9.17) is 0 Å². The number of nitrogens with zero attached hydrogens (tertiary/aromatic N) is 3. The zero-order chi connectivity index (χ0) is 6.81. The fraction of sp³-hybridized carbons (Fsp3) is 0.167. The molecule has 0 spiro atoms. The van der Waals surface area contributed by atoms with E-state index in [-0.39, 0.29) is 0 Å². The molecule has 0 unspecified atom stereocenters. The van der Waals surface area contributed by atoms with Gasteiger partial charge in [0.15, 0.2) is 0 Å². The van der Waals surface area contributed by atoms with Crippen molar-refractivity contribution in [2.24, 2.45) is 10.2 Å². The predicted molar refractivity (Wildman–Crippen MR) is 39.5 cm³/mol. The molecule has 1 aliphatic heterocycles. The topological polar surface area (TPSA) is 37.6 Å². The van der Waals surface area contributed by atoms with Gasteiger partial charge in [-0.15, -0.1) is 0 Å². The highest BCUT2D eigenvalue weighted by Crippen LogP contribution is 2.32. The summed E-state index contributed by atoms with van der Waals surface area (Å²) in [6.07, 6.45) is 3.54. The average Bonchev–Trinajstić information content (AvgIpc) is 2.05. The number of thioether (sulfide) groups is 1. The first-order valence-corrected chi connectivity index (χ1v) is 3.90. The highest BCUT2D eigenvalue weighted by molar-refractivity contribution is 7.99. The average molecular weight is 151 g/mol. The first-order valence-electron chi connectivity index (χ1n) is 2.91. The summed E-state index contributed by atoms with van der Waals surface area (Å²) in [6, 6.07) is 1.87. The van der Waals surface area contributed by atoms with Crippen molar-refractivity contribution in [3.63, 3.8) is 0 Å². The standard InChI is InChI=1S/C6H5N3S/c1-2-7-3-6-5(1)9-8-4-10-6/h1-3H,4H2. The molecule has 1 aromatic rings. The Kier molecular flexibility index (Phi) is 1.39. The number of rotatable bonds is 0. The molecule has 0 aromatic carbocycles. The summed E-state index contributed by atoms with van der Waals surface area (Å²) in [5, 5.41) is 7.84. The first kappa shape index (κ1) is 5.85. The molecule has 4 heteroatoms. The van der Waals surface area contributed by atoms with Crippen molar-refractivity contribution in [2.45, 2.75) is 4.90 Å². The number of azo groups is 1. The Balaban J connectivity index is 2.54. The fourth-order valence-corrected chi connectivity index (χ4v) is 1.42. The summed E-state index contributed by atoms with van der Waals surface area (Å²) in [4.78, 5) is 5.10. The van der Waals surface area contributed by atoms with Crippen LogP contribution in [0.25, 0.3) is 0 Å². The van der Waals surface area contributed by atoms with Crippen LogP contribution in [0.5, 0.6) is 0 Å². The number of pyridine rings is 1. The van der Waals surface area contributed by atoms with Crippen LogP contribution in [0.1, 0.15) is 0 Å². The van der Waals surface area contributed by atoms with Crippen LogP contribution in [0, 0.1) is 0 Å². The number of fused-ring (bicyclic) bond motifs is 1. The molecule has 2 heterocycles. The quantitative estimate of drug-likeness (QED) is 0.570. The molecule has 0 atom stereocenters. The molecule has 1 aromatic heterocycles. The number of hydrogen-bond donors (Lipinski definition) is 0. The van der Waals surface area contributed by atoms with E-state index in [1.165, 1.54) is 0 Å². The van der Waals surface area contributed by atoms with Gasteiger partial charge in [0.05, 0.1) is 4.90 Å². The Bertz CT molecular complexity index is 271. The lowest BCUT2D eigenvalue weighted by atomic mass is 10.4. The minimum absolute atomic E-state index is 0.721. The summed E-state index contributed by atoms with van der Waals surface area (Å²) in [5.74, 6) is 0.721. The molecule has 0 saturated heterocycles. The van der Waals surface area contributed by atoms with E-state index >= 15 is 0 Å². The molecule has 0 radical (unpaired) electrons. The maximum absolute atomic E-state index is 3.98. The van der Waals surface area contributed by atoms with Crippen molar-refractivity contribution in [3.05, 3.63) is 18.5 Å². The summed E-state index contributed by atoms with van der Waals surface area (Å²) in [7, 11) is 0. The third-order valence-corrected chi connectivity index (χ3v) is 2.09. The molecular formula is C6H5N3S. The van der Waals surface area contributed by atoms with Crippen LogP contribution in [0.2, 0.25) is 0 Å². The minimum Gasteiger partial charge on any atom is -0.263 e. The van der Waals surface area contributed by atoms with Crippen molar-refractivity contribution in [2.75, 3.05) is 5.88 Å². The lowest BCUT2D eigenvalue weighted by Gasteiger charge is -2.04. The Hall–Kier alpha value is -0.900. The van der Waals surface area contributed by atoms with Crippen LogP contribution >= 0.6 is 11.8 Å². The van der Waals surface area contributed by atoms with E-state index < -0.39 is 0 Å². The van der Waals surface area contributed by atoms with Gasteiger partial charge in [0.2, 0.25) is 0 Å². The van der Waals surface area contributed by atoms with Crippen molar-refractivity contribution >= 4 is 17.4 Å². The maximum atomic E-state index is 3.98. The molecule has 1 aliphatic rings. The Labute approximate surface area is 62.6 Å². The Morgan fingerprint density at radius 2 is 2.50 bits per heavy atom. The molecule has 0 saturated carbocycles. The van der Waals surface area contributed by atoms with Crippen LogP contribution in [-0.4, -0.2) is 10.9 Å². The lowest BCUT2D eigenvalue weighted by Crippen LogP contribution is -1.82. The highest BCUT2D eigenvalue weighted by Gasteiger charge is 2.04. The highest BCUT2D eigenvalue weighted by atomic mass is 32.2. The molecule has 10 heavy (non-hydrogen) atoms. The lowest BCUT2D eigenvalue weighted by molar-refractivity contribution is 1.07. The van der Waals surface area contributed by atoms with Gasteiger partial charge in [-0.1, -0.05) is 11.8 Å². The summed E-state index contributed by atoms with van der Waals surface area (Å²) < 4.78 is 0. The second kappa shape index (κ2) is 2.38. The van der Waals surface area contributed by atoms with Gasteiger partial charge in [-0.3, -0.25) is 4.98 Å². The third-order valence-electron chi connectivity index (χ3n) is 1.22. The fourth-order valence-electron chi connectivity index (χ4n) is 0.770. The third kappa shape index (κ3) is 0.903. The van der Waals surface area contributed by atoms with Gasteiger partial charge >= 0.3 is 0 Å². The van der Waals surface area contributed by atoms with E-state index in [1.54, 1.807) is 18.0 Å². The molecule has 3 nitrogen and oxygen atoms in total. The number of aromatic nitrogens is 1. The SMILES string of the molecule is c1cc2c(cn1)SCN=N2. The zero-order valence-electron chi connectivity index (χ0n) is 5.19. The van der Waals surface area contributed by atoms with Gasteiger partial charge in [0.1, 0.15) is 11.6 Å². The van der Waals surface area contributed by atoms with Gasteiger partial charge in [-0.2, -0.15) is 10.2 Å². The summed E-state index contributed by atoms with van der Waals surface area (Å²) in [5.41, 5.74) is 0.936. The van der Waals surface area contributed by atoms with E-state index in [9.17, 15) is 0 Å². The Morgan fingerprint density at radius 1 is 1.50 bits per heavy atom. The van der Waals surface area contributed by atoms with Gasteiger partial charge < -0.3 is 0 Å².